The van der Waals surface area contributed by atoms with Crippen molar-refractivity contribution < 1.29 is 19.7 Å². The Morgan fingerprint density at radius 3 is 2.62 bits per heavy atom. The highest BCUT2D eigenvalue weighted by Crippen LogP contribution is 2.26. The van der Waals surface area contributed by atoms with Gasteiger partial charge in [-0.15, -0.1) is 0 Å². The van der Waals surface area contributed by atoms with Crippen LogP contribution in [0.25, 0.3) is 6.08 Å². The van der Waals surface area contributed by atoms with Crippen molar-refractivity contribution in [2.45, 2.75) is 6.54 Å². The first-order valence-corrected chi connectivity index (χ1v) is 7.75. The molecule has 2 aromatic rings. The summed E-state index contributed by atoms with van der Waals surface area (Å²) in [6.07, 6.45) is 4.67. The zero-order valence-corrected chi connectivity index (χ0v) is 14.1. The highest BCUT2D eigenvalue weighted by molar-refractivity contribution is 5.97. The summed E-state index contributed by atoms with van der Waals surface area (Å²) in [5.74, 6) is 0.0250. The van der Waals surface area contributed by atoms with E-state index in [1.54, 1.807) is 36.4 Å². The standard InChI is InChI=1S/C20H18N2O4/c1-26-19-11-14(7-10-18(19)24)3-2-4-16(12-21)20(25)22-13-15-5-8-17(23)9-6-15/h2-11,23-24H,13H2,1H3,(H,22,25)/b3-2+,16-4+. The van der Waals surface area contributed by atoms with Gasteiger partial charge in [-0.2, -0.15) is 5.26 Å². The number of hydrogen-bond acceptors (Lipinski definition) is 5. The van der Waals surface area contributed by atoms with Crippen LogP contribution in [0.2, 0.25) is 0 Å². The van der Waals surface area contributed by atoms with Gasteiger partial charge in [-0.25, -0.2) is 0 Å². The minimum absolute atomic E-state index is 0.0338. The van der Waals surface area contributed by atoms with Crippen molar-refractivity contribution in [3.63, 3.8) is 0 Å². The number of carbonyl (C=O) groups is 1. The average molecular weight is 350 g/mol. The smallest absolute Gasteiger partial charge is 0.262 e. The molecular formula is C20H18N2O4. The molecule has 0 bridgehead atoms. The summed E-state index contributed by atoms with van der Waals surface area (Å²) in [7, 11) is 1.45. The molecule has 0 aromatic heterocycles. The summed E-state index contributed by atoms with van der Waals surface area (Å²) in [6.45, 7) is 0.247. The van der Waals surface area contributed by atoms with E-state index in [9.17, 15) is 15.0 Å². The highest BCUT2D eigenvalue weighted by atomic mass is 16.5. The number of rotatable bonds is 6. The second-order valence-corrected chi connectivity index (χ2v) is 5.33. The summed E-state index contributed by atoms with van der Waals surface area (Å²) >= 11 is 0. The predicted octanol–water partition coefficient (Wildman–Crippen LogP) is 2.89. The van der Waals surface area contributed by atoms with Crippen LogP contribution in [-0.4, -0.2) is 23.2 Å². The molecule has 0 aliphatic rings. The van der Waals surface area contributed by atoms with E-state index in [2.05, 4.69) is 5.32 Å². The van der Waals surface area contributed by atoms with Crippen molar-refractivity contribution in [2.75, 3.05) is 7.11 Å². The average Bonchev–Trinajstić information content (AvgIpc) is 2.65. The maximum Gasteiger partial charge on any atom is 0.262 e. The van der Waals surface area contributed by atoms with Crippen molar-refractivity contribution in [1.82, 2.24) is 5.32 Å². The number of carbonyl (C=O) groups excluding carboxylic acids is 1. The fraction of sp³-hybridized carbons (Fsp3) is 0.100. The Balaban J connectivity index is 2.01. The monoisotopic (exact) mass is 350 g/mol. The number of allylic oxidation sites excluding steroid dienone is 2. The quantitative estimate of drug-likeness (QED) is 0.422. The lowest BCUT2D eigenvalue weighted by atomic mass is 10.1. The van der Waals surface area contributed by atoms with Crippen LogP contribution in [0.4, 0.5) is 0 Å². The Labute approximate surface area is 151 Å². The van der Waals surface area contributed by atoms with E-state index in [1.807, 2.05) is 6.07 Å². The summed E-state index contributed by atoms with van der Waals surface area (Å²) in [5.41, 5.74) is 1.52. The molecule has 6 heteroatoms. The first kappa shape index (κ1) is 18.6. The number of aromatic hydroxyl groups is 2. The Bertz CT molecular complexity index is 878. The van der Waals surface area contributed by atoms with Gasteiger partial charge in [0.1, 0.15) is 17.4 Å². The van der Waals surface area contributed by atoms with Gasteiger partial charge in [0.25, 0.3) is 5.91 Å². The molecule has 0 unspecified atom stereocenters. The molecule has 0 aliphatic heterocycles. The lowest BCUT2D eigenvalue weighted by Crippen LogP contribution is -2.23. The van der Waals surface area contributed by atoms with E-state index in [1.165, 1.54) is 31.4 Å². The summed E-state index contributed by atoms with van der Waals surface area (Å²) < 4.78 is 5.02. The van der Waals surface area contributed by atoms with Gasteiger partial charge >= 0.3 is 0 Å². The Morgan fingerprint density at radius 2 is 1.96 bits per heavy atom. The normalized spacial score (nSPS) is 11.2. The topological polar surface area (TPSA) is 103 Å². The molecular weight excluding hydrogens is 332 g/mol. The van der Waals surface area contributed by atoms with E-state index in [0.29, 0.717) is 5.75 Å². The first-order chi connectivity index (χ1) is 12.5. The van der Waals surface area contributed by atoms with Gasteiger partial charge in [0.15, 0.2) is 11.5 Å². The van der Waals surface area contributed by atoms with Crippen LogP contribution in [0, 0.1) is 11.3 Å². The number of hydrogen-bond donors (Lipinski definition) is 3. The number of phenols is 2. The molecule has 0 atom stereocenters. The molecule has 2 rings (SSSR count). The van der Waals surface area contributed by atoms with Gasteiger partial charge in [-0.1, -0.05) is 30.4 Å². The van der Waals surface area contributed by atoms with E-state index in [-0.39, 0.29) is 23.6 Å². The number of methoxy groups -OCH3 is 1. The maximum atomic E-state index is 12.1. The predicted molar refractivity (Wildman–Crippen MR) is 97.3 cm³/mol. The highest BCUT2D eigenvalue weighted by Gasteiger charge is 2.07. The summed E-state index contributed by atoms with van der Waals surface area (Å²) in [5, 5.41) is 30.6. The molecule has 0 fully saturated rings. The molecule has 132 valence electrons. The van der Waals surface area contributed by atoms with Gasteiger partial charge in [0, 0.05) is 6.54 Å². The molecule has 0 radical (unpaired) electrons. The maximum absolute atomic E-state index is 12.1. The Hall–Kier alpha value is -3.72. The van der Waals surface area contributed by atoms with E-state index >= 15 is 0 Å². The van der Waals surface area contributed by atoms with E-state index in [0.717, 1.165) is 11.1 Å². The molecule has 3 N–H and O–H groups in total. The van der Waals surface area contributed by atoms with Gasteiger partial charge in [-0.05, 0) is 41.5 Å². The van der Waals surface area contributed by atoms with Crippen molar-refractivity contribution in [2.24, 2.45) is 0 Å². The molecule has 0 heterocycles. The number of amides is 1. The molecule has 0 spiro atoms. The molecule has 6 nitrogen and oxygen atoms in total. The van der Waals surface area contributed by atoms with Crippen molar-refractivity contribution in [1.29, 1.82) is 5.26 Å². The van der Waals surface area contributed by atoms with Gasteiger partial charge in [0.2, 0.25) is 0 Å². The lowest BCUT2D eigenvalue weighted by Gasteiger charge is -2.04. The molecule has 1 amide bonds. The summed E-state index contributed by atoms with van der Waals surface area (Å²) in [4.78, 5) is 12.1. The largest absolute Gasteiger partial charge is 0.508 e. The van der Waals surface area contributed by atoms with Crippen LogP contribution in [-0.2, 0) is 11.3 Å². The van der Waals surface area contributed by atoms with Crippen LogP contribution < -0.4 is 10.1 Å². The molecule has 2 aromatic carbocycles. The number of ether oxygens (including phenoxy) is 1. The number of nitrogens with one attached hydrogen (secondary N) is 1. The molecule has 0 saturated heterocycles. The Morgan fingerprint density at radius 1 is 1.23 bits per heavy atom. The third-order valence-corrected chi connectivity index (χ3v) is 3.51. The van der Waals surface area contributed by atoms with Crippen LogP contribution in [0.1, 0.15) is 11.1 Å². The van der Waals surface area contributed by atoms with Gasteiger partial charge in [-0.3, -0.25) is 4.79 Å². The SMILES string of the molecule is COc1cc(/C=C/C=C(\C#N)C(=O)NCc2ccc(O)cc2)ccc1O. The lowest BCUT2D eigenvalue weighted by molar-refractivity contribution is -0.117. The zero-order chi connectivity index (χ0) is 18.9. The Kier molecular flexibility index (Phi) is 6.40. The van der Waals surface area contributed by atoms with Crippen molar-refractivity contribution in [3.8, 4) is 23.3 Å². The molecule has 26 heavy (non-hydrogen) atoms. The fourth-order valence-corrected chi connectivity index (χ4v) is 2.11. The van der Waals surface area contributed by atoms with E-state index < -0.39 is 5.91 Å². The fourth-order valence-electron chi connectivity index (χ4n) is 2.11. The van der Waals surface area contributed by atoms with Crippen molar-refractivity contribution in [3.05, 3.63) is 71.3 Å². The van der Waals surface area contributed by atoms with E-state index in [4.69, 9.17) is 10.00 Å². The third kappa shape index (κ3) is 5.14. The number of benzene rings is 2. The van der Waals surface area contributed by atoms with Crippen LogP contribution >= 0.6 is 0 Å². The zero-order valence-electron chi connectivity index (χ0n) is 14.1. The minimum atomic E-state index is -0.492. The van der Waals surface area contributed by atoms with Gasteiger partial charge < -0.3 is 20.3 Å². The second kappa shape index (κ2) is 8.94. The molecule has 0 aliphatic carbocycles. The second-order valence-electron chi connectivity index (χ2n) is 5.33. The summed E-state index contributed by atoms with van der Waals surface area (Å²) in [6, 6.07) is 13.1. The molecule has 0 saturated carbocycles. The number of nitrogens with zero attached hydrogens (tertiary/aromatic N) is 1. The van der Waals surface area contributed by atoms with Crippen LogP contribution in [0.15, 0.2) is 60.2 Å². The third-order valence-electron chi connectivity index (χ3n) is 3.51. The van der Waals surface area contributed by atoms with Gasteiger partial charge in [0.05, 0.1) is 7.11 Å². The van der Waals surface area contributed by atoms with Crippen LogP contribution in [0.3, 0.4) is 0 Å². The van der Waals surface area contributed by atoms with Crippen molar-refractivity contribution >= 4 is 12.0 Å². The number of phenolic OH excluding ortho intramolecular Hbond substituents is 2. The minimum Gasteiger partial charge on any atom is -0.508 e. The number of nitriles is 1. The first-order valence-electron chi connectivity index (χ1n) is 7.75. The van der Waals surface area contributed by atoms with Crippen LogP contribution in [0.5, 0.6) is 17.2 Å².